The van der Waals surface area contributed by atoms with E-state index in [2.05, 4.69) is 44.8 Å². The summed E-state index contributed by atoms with van der Waals surface area (Å²) >= 11 is 0. The van der Waals surface area contributed by atoms with Crippen LogP contribution in [0.1, 0.15) is 66.7 Å². The third kappa shape index (κ3) is 9.90. The predicted octanol–water partition coefficient (Wildman–Crippen LogP) is 3.91. The SMILES string of the molecule is CCC.CCNC1CCN(CCCC(C)C)CC1. The van der Waals surface area contributed by atoms with E-state index in [1.165, 1.54) is 51.7 Å². The lowest BCUT2D eigenvalue weighted by molar-refractivity contribution is 0.193. The van der Waals surface area contributed by atoms with Crippen molar-refractivity contribution in [2.75, 3.05) is 26.2 Å². The van der Waals surface area contributed by atoms with E-state index in [1.807, 2.05) is 0 Å². The summed E-state index contributed by atoms with van der Waals surface area (Å²) in [6.45, 7) is 16.1. The van der Waals surface area contributed by atoms with Crippen molar-refractivity contribution in [1.29, 1.82) is 0 Å². The first-order chi connectivity index (χ1) is 8.63. The van der Waals surface area contributed by atoms with Gasteiger partial charge in [-0.25, -0.2) is 0 Å². The molecule has 0 aromatic carbocycles. The molecule has 0 amide bonds. The highest BCUT2D eigenvalue weighted by Crippen LogP contribution is 2.12. The number of rotatable bonds is 6. The maximum atomic E-state index is 3.55. The van der Waals surface area contributed by atoms with Gasteiger partial charge < -0.3 is 10.2 Å². The third-order valence-corrected chi connectivity index (χ3v) is 3.34. The highest BCUT2D eigenvalue weighted by molar-refractivity contribution is 4.76. The fraction of sp³-hybridized carbons (Fsp3) is 1.00. The van der Waals surface area contributed by atoms with Gasteiger partial charge in [0.15, 0.2) is 0 Å². The van der Waals surface area contributed by atoms with Crippen LogP contribution in [0.15, 0.2) is 0 Å². The second-order valence-corrected chi connectivity index (χ2v) is 5.92. The number of likely N-dealkylation sites (tertiary alicyclic amines) is 1. The Hall–Kier alpha value is -0.0800. The molecule has 0 atom stereocenters. The molecule has 1 fully saturated rings. The molecule has 0 aromatic rings. The minimum absolute atomic E-state index is 0.788. The summed E-state index contributed by atoms with van der Waals surface area (Å²) in [7, 11) is 0. The molecule has 0 bridgehead atoms. The standard InChI is InChI=1S/C13H28N2.C3H8/c1-4-14-13-7-10-15(11-8-13)9-5-6-12(2)3;1-3-2/h12-14H,4-11H2,1-3H3;3H2,1-2H3. The first-order valence-electron chi connectivity index (χ1n) is 8.09. The van der Waals surface area contributed by atoms with E-state index in [1.54, 1.807) is 0 Å². The number of nitrogens with one attached hydrogen (secondary N) is 1. The molecule has 1 rings (SSSR count). The lowest BCUT2D eigenvalue weighted by Crippen LogP contribution is -2.42. The van der Waals surface area contributed by atoms with Crippen molar-refractivity contribution < 1.29 is 0 Å². The van der Waals surface area contributed by atoms with Crippen LogP contribution in [0, 0.1) is 5.92 Å². The first kappa shape index (κ1) is 17.9. The molecule has 1 saturated heterocycles. The van der Waals surface area contributed by atoms with Gasteiger partial charge in [0.25, 0.3) is 0 Å². The van der Waals surface area contributed by atoms with Crippen molar-refractivity contribution in [2.24, 2.45) is 5.92 Å². The van der Waals surface area contributed by atoms with E-state index in [9.17, 15) is 0 Å². The van der Waals surface area contributed by atoms with Crippen molar-refractivity contribution in [3.8, 4) is 0 Å². The molecule has 0 aliphatic carbocycles. The van der Waals surface area contributed by atoms with Crippen LogP contribution in [0.4, 0.5) is 0 Å². The molecule has 110 valence electrons. The van der Waals surface area contributed by atoms with E-state index in [4.69, 9.17) is 0 Å². The molecule has 0 radical (unpaired) electrons. The van der Waals surface area contributed by atoms with Gasteiger partial charge in [-0.05, 0) is 57.8 Å². The zero-order valence-electron chi connectivity index (χ0n) is 13.5. The van der Waals surface area contributed by atoms with Crippen molar-refractivity contribution >= 4 is 0 Å². The fourth-order valence-electron chi connectivity index (χ4n) is 2.37. The lowest BCUT2D eigenvalue weighted by atomic mass is 10.0. The van der Waals surface area contributed by atoms with Gasteiger partial charge in [-0.15, -0.1) is 0 Å². The van der Waals surface area contributed by atoms with Gasteiger partial charge in [-0.1, -0.05) is 41.0 Å². The van der Waals surface area contributed by atoms with E-state index >= 15 is 0 Å². The maximum Gasteiger partial charge on any atom is 0.00912 e. The molecule has 1 N–H and O–H groups in total. The van der Waals surface area contributed by atoms with Gasteiger partial charge in [-0.3, -0.25) is 0 Å². The molecular weight excluding hydrogens is 220 g/mol. The smallest absolute Gasteiger partial charge is 0.00912 e. The van der Waals surface area contributed by atoms with Gasteiger partial charge in [0.2, 0.25) is 0 Å². The van der Waals surface area contributed by atoms with Gasteiger partial charge >= 0.3 is 0 Å². The maximum absolute atomic E-state index is 3.55. The molecule has 0 aromatic heterocycles. The number of piperidine rings is 1. The molecular formula is C16H36N2. The van der Waals surface area contributed by atoms with Crippen molar-refractivity contribution in [1.82, 2.24) is 10.2 Å². The highest BCUT2D eigenvalue weighted by Gasteiger charge is 2.17. The fourth-order valence-corrected chi connectivity index (χ4v) is 2.37. The Morgan fingerprint density at radius 2 is 1.67 bits per heavy atom. The number of hydrogen-bond acceptors (Lipinski definition) is 2. The lowest BCUT2D eigenvalue weighted by Gasteiger charge is -2.32. The molecule has 18 heavy (non-hydrogen) atoms. The van der Waals surface area contributed by atoms with Crippen LogP contribution in [0.3, 0.4) is 0 Å². The summed E-state index contributed by atoms with van der Waals surface area (Å²) in [6.07, 6.45) is 6.70. The van der Waals surface area contributed by atoms with Crippen LogP contribution in [-0.4, -0.2) is 37.1 Å². The molecule has 1 heterocycles. The molecule has 1 aliphatic rings. The Balaban J connectivity index is 0.000000873. The molecule has 0 unspecified atom stereocenters. The van der Waals surface area contributed by atoms with Gasteiger partial charge in [-0.2, -0.15) is 0 Å². The quantitative estimate of drug-likeness (QED) is 0.775. The Morgan fingerprint density at radius 3 is 2.11 bits per heavy atom. The Bertz CT molecular complexity index is 160. The normalized spacial score (nSPS) is 17.7. The minimum Gasteiger partial charge on any atom is -0.314 e. The Kier molecular flexibility index (Phi) is 11.9. The minimum atomic E-state index is 0.788. The Morgan fingerprint density at radius 1 is 1.11 bits per heavy atom. The summed E-state index contributed by atoms with van der Waals surface area (Å²) in [5, 5.41) is 3.55. The second-order valence-electron chi connectivity index (χ2n) is 5.92. The zero-order valence-corrected chi connectivity index (χ0v) is 13.5. The molecule has 2 heteroatoms. The summed E-state index contributed by atoms with van der Waals surface area (Å²) in [6, 6.07) is 0.788. The molecule has 2 nitrogen and oxygen atoms in total. The third-order valence-electron chi connectivity index (χ3n) is 3.34. The molecule has 0 spiro atoms. The first-order valence-corrected chi connectivity index (χ1v) is 8.09. The molecule has 1 aliphatic heterocycles. The van der Waals surface area contributed by atoms with Crippen molar-refractivity contribution in [2.45, 2.75) is 72.8 Å². The van der Waals surface area contributed by atoms with Crippen LogP contribution >= 0.6 is 0 Å². The van der Waals surface area contributed by atoms with Crippen molar-refractivity contribution in [3.05, 3.63) is 0 Å². The largest absolute Gasteiger partial charge is 0.314 e. The monoisotopic (exact) mass is 256 g/mol. The summed E-state index contributed by atoms with van der Waals surface area (Å²) < 4.78 is 0. The number of hydrogen-bond donors (Lipinski definition) is 1. The van der Waals surface area contributed by atoms with E-state index in [0.29, 0.717) is 0 Å². The van der Waals surface area contributed by atoms with Gasteiger partial charge in [0, 0.05) is 6.04 Å². The van der Waals surface area contributed by atoms with Gasteiger partial charge in [0.05, 0.1) is 0 Å². The van der Waals surface area contributed by atoms with Crippen LogP contribution in [-0.2, 0) is 0 Å². The predicted molar refractivity (Wildman–Crippen MR) is 83.2 cm³/mol. The van der Waals surface area contributed by atoms with E-state index in [0.717, 1.165) is 18.5 Å². The van der Waals surface area contributed by atoms with Crippen LogP contribution in [0.5, 0.6) is 0 Å². The van der Waals surface area contributed by atoms with Gasteiger partial charge in [0.1, 0.15) is 0 Å². The Labute approximate surface area is 116 Å². The number of nitrogens with zero attached hydrogens (tertiary/aromatic N) is 1. The summed E-state index contributed by atoms with van der Waals surface area (Å²) in [4.78, 5) is 2.64. The van der Waals surface area contributed by atoms with Crippen molar-refractivity contribution in [3.63, 3.8) is 0 Å². The molecule has 0 saturated carbocycles. The average molecular weight is 256 g/mol. The van der Waals surface area contributed by atoms with E-state index < -0.39 is 0 Å². The average Bonchev–Trinajstić information content (AvgIpc) is 2.32. The van der Waals surface area contributed by atoms with E-state index in [-0.39, 0.29) is 0 Å². The topological polar surface area (TPSA) is 15.3 Å². The van der Waals surface area contributed by atoms with Crippen LogP contribution in [0.2, 0.25) is 0 Å². The van der Waals surface area contributed by atoms with Crippen LogP contribution in [0.25, 0.3) is 0 Å². The second kappa shape index (κ2) is 12.0. The summed E-state index contributed by atoms with van der Waals surface area (Å²) in [5.41, 5.74) is 0. The zero-order chi connectivity index (χ0) is 13.8. The highest BCUT2D eigenvalue weighted by atomic mass is 15.1. The van der Waals surface area contributed by atoms with Crippen LogP contribution < -0.4 is 5.32 Å². The summed E-state index contributed by atoms with van der Waals surface area (Å²) in [5.74, 6) is 0.865.